The molecule has 0 atom stereocenters. The summed E-state index contributed by atoms with van der Waals surface area (Å²) in [5.41, 5.74) is 17.9. The number of nitrogens with zero attached hydrogens (tertiary/aromatic N) is 2. The van der Waals surface area contributed by atoms with Crippen molar-refractivity contribution in [1.29, 1.82) is 0 Å². The van der Waals surface area contributed by atoms with E-state index in [1.807, 2.05) is 22.7 Å². The Labute approximate surface area is 411 Å². The Morgan fingerprint density at radius 3 is 1.41 bits per heavy atom. The second-order valence-corrected chi connectivity index (χ2v) is 25.3. The highest BCUT2D eigenvalue weighted by atomic mass is 32.1. The lowest BCUT2D eigenvalue weighted by atomic mass is 9.30. The number of hydrogen-bond donors (Lipinski definition) is 0. The van der Waals surface area contributed by atoms with Crippen molar-refractivity contribution in [2.24, 2.45) is 0 Å². The Bertz CT molecular complexity index is 3590. The third-order valence-electron chi connectivity index (χ3n) is 15.2. The van der Waals surface area contributed by atoms with E-state index in [1.165, 1.54) is 102 Å². The van der Waals surface area contributed by atoms with Crippen molar-refractivity contribution in [3.63, 3.8) is 0 Å². The Hall–Kier alpha value is -6.14. The highest BCUT2D eigenvalue weighted by Crippen LogP contribution is 2.50. The number of thiophene rings is 2. The van der Waals surface area contributed by atoms with Crippen molar-refractivity contribution >= 4 is 120 Å². The molecule has 10 aromatic rings. The number of hydrogen-bond acceptors (Lipinski definition) is 4. The van der Waals surface area contributed by atoms with Crippen LogP contribution in [0, 0.1) is 0 Å². The monoisotopic (exact) mass is 918 g/mol. The van der Waals surface area contributed by atoms with Crippen LogP contribution in [0.5, 0.6) is 0 Å². The molecule has 2 aromatic heterocycles. The molecule has 336 valence electrons. The van der Waals surface area contributed by atoms with Crippen LogP contribution in [0.2, 0.25) is 0 Å². The van der Waals surface area contributed by atoms with Crippen LogP contribution in [0.1, 0.15) is 104 Å². The summed E-state index contributed by atoms with van der Waals surface area (Å²) >= 11 is 3.84. The maximum Gasteiger partial charge on any atom is 0.247 e. The van der Waals surface area contributed by atoms with Gasteiger partial charge in [-0.2, -0.15) is 0 Å². The molecule has 2 nitrogen and oxygen atoms in total. The standard InChI is InChI=1S/C63H59BN2S2/c1-60(2,3)38-20-26-41(27-21-38)65(42-28-22-39(23-29-42)61(4,5)6)44-32-50-59-54(33-44)66(43-30-24-40(25-31-43)62(7,8)9)53-37-58-48(46-17-13-15-19-56(46)68-58)35-52(53)64(59)51-34-47-45-16-12-14-18-55(45)67-57(47)36-49(51)63(50,10)11/h12-37H,1-11H3. The van der Waals surface area contributed by atoms with Crippen molar-refractivity contribution in [2.75, 3.05) is 9.80 Å². The zero-order chi connectivity index (χ0) is 47.2. The third kappa shape index (κ3) is 6.71. The van der Waals surface area contributed by atoms with Gasteiger partial charge in [0, 0.05) is 69.1 Å². The van der Waals surface area contributed by atoms with Crippen LogP contribution >= 0.6 is 22.7 Å². The molecule has 0 radical (unpaired) electrons. The van der Waals surface area contributed by atoms with Gasteiger partial charge in [-0.05, 0) is 139 Å². The molecule has 0 fully saturated rings. The van der Waals surface area contributed by atoms with Crippen LogP contribution in [-0.2, 0) is 21.7 Å². The van der Waals surface area contributed by atoms with Crippen LogP contribution in [-0.4, -0.2) is 6.71 Å². The van der Waals surface area contributed by atoms with E-state index in [1.54, 1.807) is 0 Å². The van der Waals surface area contributed by atoms with Gasteiger partial charge in [-0.15, -0.1) is 22.7 Å². The maximum atomic E-state index is 2.62. The van der Waals surface area contributed by atoms with Crippen molar-refractivity contribution in [2.45, 2.75) is 97.8 Å². The summed E-state index contributed by atoms with van der Waals surface area (Å²) in [6.45, 7) is 25.7. The summed E-state index contributed by atoms with van der Waals surface area (Å²) in [5, 5.41) is 5.37. The van der Waals surface area contributed by atoms with E-state index in [4.69, 9.17) is 0 Å². The van der Waals surface area contributed by atoms with Gasteiger partial charge in [-0.3, -0.25) is 0 Å². The van der Waals surface area contributed by atoms with Gasteiger partial charge in [0.05, 0.1) is 0 Å². The summed E-state index contributed by atoms with van der Waals surface area (Å²) < 4.78 is 5.34. The van der Waals surface area contributed by atoms with E-state index < -0.39 is 0 Å². The molecule has 0 spiro atoms. The molecule has 68 heavy (non-hydrogen) atoms. The first-order chi connectivity index (χ1) is 32.3. The molecule has 4 heterocycles. The molecule has 0 saturated heterocycles. The van der Waals surface area contributed by atoms with E-state index in [0.29, 0.717) is 0 Å². The maximum absolute atomic E-state index is 2.62. The second kappa shape index (κ2) is 14.9. The highest BCUT2D eigenvalue weighted by Gasteiger charge is 2.47. The second-order valence-electron chi connectivity index (χ2n) is 23.1. The zero-order valence-corrected chi connectivity index (χ0v) is 42.9. The van der Waals surface area contributed by atoms with Crippen LogP contribution < -0.4 is 26.2 Å². The summed E-state index contributed by atoms with van der Waals surface area (Å²) in [7, 11) is 0. The molecular formula is C63H59BN2S2. The quantitative estimate of drug-likeness (QED) is 0.162. The first-order valence-electron chi connectivity index (χ1n) is 24.4. The first-order valence-corrected chi connectivity index (χ1v) is 26.0. The van der Waals surface area contributed by atoms with Crippen LogP contribution in [0.3, 0.4) is 0 Å². The van der Waals surface area contributed by atoms with Gasteiger partial charge in [0.25, 0.3) is 0 Å². The number of rotatable bonds is 4. The minimum Gasteiger partial charge on any atom is -0.311 e. The van der Waals surface area contributed by atoms with E-state index in [0.717, 1.165) is 17.1 Å². The molecule has 2 aliphatic rings. The minimum atomic E-state index is -0.327. The summed E-state index contributed by atoms with van der Waals surface area (Å²) in [5.74, 6) is 0. The molecule has 0 N–H and O–H groups in total. The average molecular weight is 919 g/mol. The van der Waals surface area contributed by atoms with Crippen LogP contribution in [0.15, 0.2) is 158 Å². The fraction of sp³-hybridized carbons (Fsp3) is 0.238. The SMILES string of the molecule is CC(C)(C)c1ccc(N(c2ccc(C(C)(C)C)cc2)c2cc3c4c(c2)C(C)(C)c2cc5sc6ccccc6c5cc2B4c2cc4c(cc2N3c2ccc(C(C)(C)C)cc2)sc2ccccc24)cc1. The Morgan fingerprint density at radius 2 is 0.897 bits per heavy atom. The van der Waals surface area contributed by atoms with Gasteiger partial charge >= 0.3 is 0 Å². The largest absolute Gasteiger partial charge is 0.311 e. The number of fused-ring (bicyclic) bond motifs is 10. The number of anilines is 6. The molecule has 2 aliphatic heterocycles. The van der Waals surface area contributed by atoms with Crippen LogP contribution in [0.25, 0.3) is 40.3 Å². The molecule has 0 saturated carbocycles. The lowest BCUT2D eigenvalue weighted by molar-refractivity contribution is 0.590. The molecule has 0 unspecified atom stereocenters. The topological polar surface area (TPSA) is 6.48 Å². The zero-order valence-electron chi connectivity index (χ0n) is 41.3. The summed E-state index contributed by atoms with van der Waals surface area (Å²) in [4.78, 5) is 5.13. The third-order valence-corrected chi connectivity index (χ3v) is 17.5. The van der Waals surface area contributed by atoms with Gasteiger partial charge in [-0.25, -0.2) is 0 Å². The van der Waals surface area contributed by atoms with E-state index in [9.17, 15) is 0 Å². The predicted molar refractivity (Wildman–Crippen MR) is 301 cm³/mol. The Morgan fingerprint density at radius 1 is 0.426 bits per heavy atom. The fourth-order valence-electron chi connectivity index (χ4n) is 11.3. The average Bonchev–Trinajstić information content (AvgIpc) is 3.86. The Balaban J connectivity index is 1.20. The number of benzene rings is 8. The lowest BCUT2D eigenvalue weighted by Gasteiger charge is -2.46. The normalized spacial score (nSPS) is 14.5. The van der Waals surface area contributed by atoms with Crippen molar-refractivity contribution in [1.82, 2.24) is 0 Å². The fourth-order valence-corrected chi connectivity index (χ4v) is 13.6. The smallest absolute Gasteiger partial charge is 0.247 e. The highest BCUT2D eigenvalue weighted by molar-refractivity contribution is 7.26. The lowest BCUT2D eigenvalue weighted by Crippen LogP contribution is -2.64. The molecular weight excluding hydrogens is 860 g/mol. The van der Waals surface area contributed by atoms with Gasteiger partial charge in [0.2, 0.25) is 6.71 Å². The molecule has 8 aromatic carbocycles. The predicted octanol–water partition coefficient (Wildman–Crippen LogP) is 16.7. The van der Waals surface area contributed by atoms with Crippen molar-refractivity contribution in [3.8, 4) is 0 Å². The molecule has 5 heteroatoms. The van der Waals surface area contributed by atoms with Gasteiger partial charge in [-0.1, -0.05) is 167 Å². The molecule has 12 rings (SSSR count). The molecule has 0 bridgehead atoms. The van der Waals surface area contributed by atoms with Crippen molar-refractivity contribution < 1.29 is 0 Å². The van der Waals surface area contributed by atoms with Gasteiger partial charge in [0.1, 0.15) is 0 Å². The van der Waals surface area contributed by atoms with E-state index >= 15 is 0 Å². The Kier molecular flexibility index (Phi) is 9.48. The van der Waals surface area contributed by atoms with Crippen molar-refractivity contribution in [3.05, 3.63) is 186 Å². The van der Waals surface area contributed by atoms with E-state index in [2.05, 4.69) is 244 Å². The minimum absolute atomic E-state index is 0.0221. The summed E-state index contributed by atoms with van der Waals surface area (Å²) in [6.07, 6.45) is 0. The van der Waals surface area contributed by atoms with Crippen LogP contribution in [0.4, 0.5) is 34.1 Å². The van der Waals surface area contributed by atoms with Gasteiger partial charge < -0.3 is 9.80 Å². The van der Waals surface area contributed by atoms with E-state index in [-0.39, 0.29) is 28.4 Å². The first kappa shape index (κ1) is 43.2. The summed E-state index contributed by atoms with van der Waals surface area (Å²) in [6, 6.07) is 61.4. The van der Waals surface area contributed by atoms with Gasteiger partial charge in [0.15, 0.2) is 0 Å². The molecule has 0 aliphatic carbocycles. The molecule has 0 amide bonds.